The van der Waals surface area contributed by atoms with Crippen molar-refractivity contribution in [2.75, 3.05) is 19.6 Å². The molecule has 0 bridgehead atoms. The summed E-state index contributed by atoms with van der Waals surface area (Å²) in [6.07, 6.45) is 1.96. The molecule has 26 heavy (non-hydrogen) atoms. The molecule has 4 nitrogen and oxygen atoms in total. The van der Waals surface area contributed by atoms with Crippen molar-refractivity contribution >= 4 is 11.7 Å². The topological polar surface area (TPSA) is 32.8 Å². The number of benzene rings is 1. The molecule has 4 heteroatoms. The molecule has 1 aliphatic rings. The lowest BCUT2D eigenvalue weighted by molar-refractivity contribution is 0.00461. The fraction of sp³-hybridized carbons (Fsp3) is 0.591. The lowest BCUT2D eigenvalue weighted by Gasteiger charge is -2.40. The normalized spacial score (nSPS) is 19.6. The minimum absolute atomic E-state index is 0.203. The Labute approximate surface area is 158 Å². The highest BCUT2D eigenvalue weighted by molar-refractivity contribution is 5.68. The third-order valence-corrected chi connectivity index (χ3v) is 4.96. The molecule has 1 amide bonds. The smallest absolute Gasteiger partial charge is 0.410 e. The van der Waals surface area contributed by atoms with Gasteiger partial charge in [-0.05, 0) is 76.8 Å². The molecule has 0 N–H and O–H groups in total. The molecular weight excluding hydrogens is 324 g/mol. The molecule has 2 rings (SSSR count). The minimum atomic E-state index is -0.444. The summed E-state index contributed by atoms with van der Waals surface area (Å²) in [6.45, 7) is 17.5. The van der Waals surface area contributed by atoms with Crippen molar-refractivity contribution in [1.29, 1.82) is 0 Å². The monoisotopic (exact) mass is 358 g/mol. The highest BCUT2D eigenvalue weighted by atomic mass is 16.6. The second-order valence-electron chi connectivity index (χ2n) is 8.37. The van der Waals surface area contributed by atoms with Gasteiger partial charge in [0.05, 0.1) is 0 Å². The molecule has 1 atom stereocenters. The maximum atomic E-state index is 12.3. The van der Waals surface area contributed by atoms with Crippen LogP contribution in [0.15, 0.2) is 24.3 Å². The summed E-state index contributed by atoms with van der Waals surface area (Å²) in [5, 5.41) is 0. The van der Waals surface area contributed by atoms with Gasteiger partial charge in [-0.2, -0.15) is 0 Å². The molecule has 144 valence electrons. The number of ether oxygens (including phenoxy) is 1. The quantitative estimate of drug-likeness (QED) is 0.773. The van der Waals surface area contributed by atoms with Crippen molar-refractivity contribution in [2.45, 2.75) is 66.7 Å². The maximum absolute atomic E-state index is 12.3. The van der Waals surface area contributed by atoms with E-state index < -0.39 is 5.60 Å². The number of hydrogen-bond acceptors (Lipinski definition) is 3. The SMILES string of the molecule is CC=C(C)c1cc(CN2CCN(C(=O)OC(C)(C)C)CC2C)ccc1C. The van der Waals surface area contributed by atoms with Crippen molar-refractivity contribution in [3.63, 3.8) is 0 Å². The van der Waals surface area contributed by atoms with Gasteiger partial charge in [-0.15, -0.1) is 0 Å². The second-order valence-corrected chi connectivity index (χ2v) is 8.37. The Morgan fingerprint density at radius 2 is 2.00 bits per heavy atom. The van der Waals surface area contributed by atoms with Gasteiger partial charge in [0.2, 0.25) is 0 Å². The van der Waals surface area contributed by atoms with Crippen molar-refractivity contribution in [3.8, 4) is 0 Å². The summed E-state index contributed by atoms with van der Waals surface area (Å²) in [5.41, 5.74) is 4.83. The number of nitrogens with zero attached hydrogens (tertiary/aromatic N) is 2. The molecule has 1 saturated heterocycles. The van der Waals surface area contributed by atoms with Crippen LogP contribution in [0.5, 0.6) is 0 Å². The molecule has 0 aromatic heterocycles. The molecule has 0 aliphatic carbocycles. The number of aryl methyl sites for hydroxylation is 1. The number of carbonyl (C=O) groups excluding carboxylic acids is 1. The molecule has 1 aromatic rings. The predicted molar refractivity (Wildman–Crippen MR) is 108 cm³/mol. The number of amides is 1. The lowest BCUT2D eigenvalue weighted by atomic mass is 9.98. The maximum Gasteiger partial charge on any atom is 0.410 e. The van der Waals surface area contributed by atoms with Crippen LogP contribution in [-0.2, 0) is 11.3 Å². The van der Waals surface area contributed by atoms with Crippen LogP contribution < -0.4 is 0 Å². The molecule has 0 saturated carbocycles. The van der Waals surface area contributed by atoms with Crippen LogP contribution in [0.25, 0.3) is 5.57 Å². The van der Waals surface area contributed by atoms with Crippen molar-refractivity contribution < 1.29 is 9.53 Å². The highest BCUT2D eigenvalue weighted by Gasteiger charge is 2.29. The van der Waals surface area contributed by atoms with E-state index in [-0.39, 0.29) is 6.09 Å². The summed E-state index contributed by atoms with van der Waals surface area (Å²) in [7, 11) is 0. The Balaban J connectivity index is 2.02. The number of hydrogen-bond donors (Lipinski definition) is 0. The van der Waals surface area contributed by atoms with E-state index in [0.717, 1.165) is 13.1 Å². The summed E-state index contributed by atoms with van der Waals surface area (Å²) in [6, 6.07) is 7.04. The fourth-order valence-corrected chi connectivity index (χ4v) is 3.30. The molecule has 1 fully saturated rings. The zero-order valence-corrected chi connectivity index (χ0v) is 17.4. The molecule has 1 heterocycles. The van der Waals surface area contributed by atoms with Crippen molar-refractivity contribution in [3.05, 3.63) is 41.0 Å². The largest absolute Gasteiger partial charge is 0.444 e. The number of rotatable bonds is 3. The number of piperazine rings is 1. The minimum Gasteiger partial charge on any atom is -0.444 e. The van der Waals surface area contributed by atoms with Crippen LogP contribution in [0.3, 0.4) is 0 Å². The van der Waals surface area contributed by atoms with Crippen molar-refractivity contribution in [1.82, 2.24) is 9.80 Å². The van der Waals surface area contributed by atoms with Gasteiger partial charge >= 0.3 is 6.09 Å². The summed E-state index contributed by atoms with van der Waals surface area (Å²) >= 11 is 0. The Morgan fingerprint density at radius 1 is 1.31 bits per heavy atom. The van der Waals surface area contributed by atoms with Gasteiger partial charge in [-0.25, -0.2) is 4.79 Å². The van der Waals surface area contributed by atoms with Crippen LogP contribution in [-0.4, -0.2) is 47.2 Å². The number of allylic oxidation sites excluding steroid dienone is 2. The first-order chi connectivity index (χ1) is 12.1. The van der Waals surface area contributed by atoms with Crippen LogP contribution in [0.4, 0.5) is 4.79 Å². The molecule has 1 aromatic carbocycles. The van der Waals surface area contributed by atoms with Gasteiger partial charge in [0, 0.05) is 32.2 Å². The molecule has 0 radical (unpaired) electrons. The third kappa shape index (κ3) is 5.34. The zero-order valence-electron chi connectivity index (χ0n) is 17.4. The van der Waals surface area contributed by atoms with E-state index in [1.54, 1.807) is 0 Å². The van der Waals surface area contributed by atoms with E-state index in [1.165, 1.54) is 22.3 Å². The van der Waals surface area contributed by atoms with Gasteiger partial charge in [-0.1, -0.05) is 18.2 Å². The second kappa shape index (κ2) is 8.26. The van der Waals surface area contributed by atoms with E-state index in [2.05, 4.69) is 56.9 Å². The average molecular weight is 359 g/mol. The Bertz CT molecular complexity index is 673. The van der Waals surface area contributed by atoms with Gasteiger partial charge in [-0.3, -0.25) is 4.90 Å². The molecule has 1 aliphatic heterocycles. The van der Waals surface area contributed by atoms with Crippen LogP contribution >= 0.6 is 0 Å². The average Bonchev–Trinajstić information content (AvgIpc) is 2.56. The van der Waals surface area contributed by atoms with Crippen LogP contribution in [0.2, 0.25) is 0 Å². The highest BCUT2D eigenvalue weighted by Crippen LogP contribution is 2.22. The van der Waals surface area contributed by atoms with Gasteiger partial charge in [0.25, 0.3) is 0 Å². The number of carbonyl (C=O) groups is 1. The van der Waals surface area contributed by atoms with E-state index >= 15 is 0 Å². The Hall–Kier alpha value is -1.81. The first-order valence-corrected chi connectivity index (χ1v) is 9.55. The first-order valence-electron chi connectivity index (χ1n) is 9.55. The standard InChI is InChI=1S/C22H34N2O2/c1-8-16(2)20-13-19(10-9-17(20)3)15-23-11-12-24(14-18(23)4)21(25)26-22(5,6)7/h8-10,13,18H,11-12,14-15H2,1-7H3. The summed E-state index contributed by atoms with van der Waals surface area (Å²) < 4.78 is 5.51. The van der Waals surface area contributed by atoms with E-state index in [9.17, 15) is 4.79 Å². The van der Waals surface area contributed by atoms with Crippen molar-refractivity contribution in [2.24, 2.45) is 0 Å². The summed E-state index contributed by atoms with van der Waals surface area (Å²) in [5.74, 6) is 0. The van der Waals surface area contributed by atoms with Crippen LogP contribution in [0, 0.1) is 6.92 Å². The molecular formula is C22H34N2O2. The first kappa shape index (κ1) is 20.5. The summed E-state index contributed by atoms with van der Waals surface area (Å²) in [4.78, 5) is 16.6. The molecule has 1 unspecified atom stereocenters. The van der Waals surface area contributed by atoms with E-state index in [1.807, 2.05) is 25.7 Å². The predicted octanol–water partition coefficient (Wildman–Crippen LogP) is 4.86. The Kier molecular flexibility index (Phi) is 6.51. The lowest BCUT2D eigenvalue weighted by Crippen LogP contribution is -2.54. The Morgan fingerprint density at radius 3 is 2.58 bits per heavy atom. The van der Waals surface area contributed by atoms with Gasteiger partial charge in [0.15, 0.2) is 0 Å². The van der Waals surface area contributed by atoms with E-state index in [4.69, 9.17) is 4.74 Å². The van der Waals surface area contributed by atoms with Gasteiger partial charge < -0.3 is 9.64 Å². The van der Waals surface area contributed by atoms with Crippen LogP contribution in [0.1, 0.15) is 58.2 Å². The third-order valence-electron chi connectivity index (χ3n) is 4.96. The zero-order chi connectivity index (χ0) is 19.5. The fourth-order valence-electron chi connectivity index (χ4n) is 3.30. The molecule has 0 spiro atoms. The van der Waals surface area contributed by atoms with E-state index in [0.29, 0.717) is 19.1 Å². The van der Waals surface area contributed by atoms with Gasteiger partial charge in [0.1, 0.15) is 5.60 Å².